The molecule has 0 unspecified atom stereocenters. The maximum atomic E-state index is 14.4. The maximum Gasteiger partial charge on any atom is 0.433 e. The molecule has 0 spiro atoms. The summed E-state index contributed by atoms with van der Waals surface area (Å²) in [5.74, 6) is -4.21. The third-order valence-corrected chi connectivity index (χ3v) is 13.2. The van der Waals surface area contributed by atoms with Crippen LogP contribution in [0.2, 0.25) is 0 Å². The highest BCUT2D eigenvalue weighted by Gasteiger charge is 2.64. The Bertz CT molecular complexity index is 2010. The van der Waals surface area contributed by atoms with E-state index in [-0.39, 0.29) is 54.7 Å². The average molecular weight is 798 g/mol. The molecule has 2 aliphatic heterocycles. The second-order valence-electron chi connectivity index (χ2n) is 15.2. The molecular weight excluding hydrogens is 754 g/mol. The summed E-state index contributed by atoms with van der Waals surface area (Å²) in [4.78, 5) is 59.2. The van der Waals surface area contributed by atoms with E-state index in [0.29, 0.717) is 19.3 Å². The van der Waals surface area contributed by atoms with Gasteiger partial charge in [0.1, 0.15) is 46.6 Å². The van der Waals surface area contributed by atoms with Crippen molar-refractivity contribution in [1.29, 1.82) is 0 Å². The molecule has 3 fully saturated rings. The standard InChI is InChI=1S/C36H43F4N5O9S/c1-19-6-4-5-7-22-16-35(22,32(48)44-55(51,52)34(18-37)10-11-34)43-29(46)26-15-24(17-45(26)31(47)28(20(2)12-19)42-33(49)50)54-30-25-9-8-23(53-3)13-21(25)14-27(41-30)36(38,39)40/h5,7-9,13-14,19-20,22,24,26,28,42H,4,6,10-12,15-18H2,1-3H3,(H,43,46)(H,44,48)(H,49,50)/b7-5-/t19-,20+,22+,24+,26-,28-,35+/m0/s1. The van der Waals surface area contributed by atoms with Gasteiger partial charge in [0.15, 0.2) is 0 Å². The maximum absolute atomic E-state index is 14.4. The number of ether oxygens (including phenoxy) is 2. The summed E-state index contributed by atoms with van der Waals surface area (Å²) < 4.78 is 93.4. The van der Waals surface area contributed by atoms with E-state index in [2.05, 4.69) is 15.6 Å². The predicted octanol–water partition coefficient (Wildman–Crippen LogP) is 4.08. The van der Waals surface area contributed by atoms with Crippen LogP contribution in [0.4, 0.5) is 22.4 Å². The number of amides is 4. The van der Waals surface area contributed by atoms with E-state index in [1.54, 1.807) is 19.1 Å². The van der Waals surface area contributed by atoms with Crippen LogP contribution in [0.3, 0.4) is 0 Å². The Kier molecular flexibility index (Phi) is 10.7. The summed E-state index contributed by atoms with van der Waals surface area (Å²) in [6.07, 6.45) is -2.78. The summed E-state index contributed by atoms with van der Waals surface area (Å²) in [7, 11) is -3.13. The number of fused-ring (bicyclic) bond motifs is 3. The van der Waals surface area contributed by atoms with Crippen LogP contribution in [0.25, 0.3) is 10.8 Å². The second kappa shape index (κ2) is 14.8. The Morgan fingerprint density at radius 3 is 2.51 bits per heavy atom. The molecule has 2 aromatic rings. The molecule has 4 N–H and O–H groups in total. The number of hydrogen-bond donors (Lipinski definition) is 4. The van der Waals surface area contributed by atoms with E-state index in [4.69, 9.17) is 9.47 Å². The van der Waals surface area contributed by atoms with E-state index in [1.807, 2.05) is 11.6 Å². The lowest BCUT2D eigenvalue weighted by Crippen LogP contribution is -2.59. The lowest BCUT2D eigenvalue weighted by molar-refractivity contribution is -0.142. The minimum absolute atomic E-state index is 0.00684. The number of benzene rings is 1. The fraction of sp³-hybridized carbons (Fsp3) is 0.583. The molecular formula is C36H43F4N5O9S. The third kappa shape index (κ3) is 8.02. The van der Waals surface area contributed by atoms with Crippen molar-refractivity contribution in [2.24, 2.45) is 17.8 Å². The molecule has 1 aromatic heterocycles. The third-order valence-electron chi connectivity index (χ3n) is 11.1. The molecule has 6 rings (SSSR count). The molecule has 3 heterocycles. The Balaban J connectivity index is 1.37. The van der Waals surface area contributed by atoms with E-state index < -0.39 is 98.6 Å². The fourth-order valence-electron chi connectivity index (χ4n) is 7.61. The van der Waals surface area contributed by atoms with Crippen molar-refractivity contribution in [2.75, 3.05) is 20.3 Å². The van der Waals surface area contributed by atoms with Gasteiger partial charge in [-0.15, -0.1) is 0 Å². The number of rotatable bonds is 8. The van der Waals surface area contributed by atoms with Crippen molar-refractivity contribution in [2.45, 2.75) is 93.4 Å². The van der Waals surface area contributed by atoms with Crippen LogP contribution in [0.5, 0.6) is 11.6 Å². The molecule has 1 saturated heterocycles. The Hall–Kier alpha value is -4.68. The van der Waals surface area contributed by atoms with Crippen LogP contribution in [0.15, 0.2) is 36.4 Å². The SMILES string of the molecule is COc1ccc2c(O[C@@H]3C[C@H]4C(=O)N[C@]5(C(=O)NS(=O)(=O)C6(CF)CC6)C[C@H]5/C=C\CC[C@H](C)C[C@@H](C)[C@H](NC(=O)O)C(=O)N4C3)nc(C(F)(F)F)cc2c1. The summed E-state index contributed by atoms with van der Waals surface area (Å²) in [6, 6.07) is 2.34. The number of alkyl halides is 4. The number of halogens is 4. The monoisotopic (exact) mass is 797 g/mol. The van der Waals surface area contributed by atoms with Gasteiger partial charge in [0, 0.05) is 17.7 Å². The minimum Gasteiger partial charge on any atom is -0.497 e. The number of hydrogen-bond acceptors (Lipinski definition) is 9. The zero-order chi connectivity index (χ0) is 40.1. The van der Waals surface area contributed by atoms with Crippen LogP contribution in [-0.2, 0) is 30.6 Å². The molecule has 19 heteroatoms. The van der Waals surface area contributed by atoms with E-state index >= 15 is 0 Å². The summed E-state index contributed by atoms with van der Waals surface area (Å²) in [6.45, 7) is 2.03. The molecule has 4 aliphatic rings. The van der Waals surface area contributed by atoms with Crippen molar-refractivity contribution in [3.05, 3.63) is 42.1 Å². The average Bonchev–Trinajstić information content (AvgIpc) is 4.02. The predicted molar refractivity (Wildman–Crippen MR) is 188 cm³/mol. The lowest BCUT2D eigenvalue weighted by Gasteiger charge is -2.32. The van der Waals surface area contributed by atoms with Gasteiger partial charge in [0.2, 0.25) is 27.7 Å². The van der Waals surface area contributed by atoms with Crippen molar-refractivity contribution >= 4 is 44.6 Å². The van der Waals surface area contributed by atoms with Gasteiger partial charge in [-0.1, -0.05) is 26.0 Å². The Morgan fingerprint density at radius 1 is 1.15 bits per heavy atom. The first kappa shape index (κ1) is 40.0. The van der Waals surface area contributed by atoms with E-state index in [9.17, 15) is 50.3 Å². The zero-order valence-electron chi connectivity index (χ0n) is 30.3. The first-order valence-electron chi connectivity index (χ1n) is 18.0. The van der Waals surface area contributed by atoms with Crippen LogP contribution >= 0.6 is 0 Å². The number of carbonyl (C=O) groups is 4. The number of nitrogens with zero attached hydrogens (tertiary/aromatic N) is 2. The molecule has 55 heavy (non-hydrogen) atoms. The smallest absolute Gasteiger partial charge is 0.433 e. The van der Waals surface area contributed by atoms with Crippen molar-refractivity contribution in [3.8, 4) is 11.6 Å². The molecule has 7 atom stereocenters. The number of carboxylic acid groups (broad SMARTS) is 1. The highest BCUT2D eigenvalue weighted by molar-refractivity contribution is 7.91. The topological polar surface area (TPSA) is 193 Å². The molecule has 0 bridgehead atoms. The van der Waals surface area contributed by atoms with Gasteiger partial charge in [-0.25, -0.2) is 22.6 Å². The number of carbonyl (C=O) groups excluding carboxylic acids is 3. The van der Waals surface area contributed by atoms with Gasteiger partial charge in [-0.2, -0.15) is 13.2 Å². The van der Waals surface area contributed by atoms with E-state index in [1.165, 1.54) is 25.3 Å². The number of allylic oxidation sites excluding steroid dienone is 1. The number of sulfonamides is 1. The molecule has 0 radical (unpaired) electrons. The first-order chi connectivity index (χ1) is 25.8. The fourth-order valence-corrected chi connectivity index (χ4v) is 9.03. The van der Waals surface area contributed by atoms with Gasteiger partial charge in [-0.3, -0.25) is 19.1 Å². The summed E-state index contributed by atoms with van der Waals surface area (Å²) in [5, 5.41) is 14.9. The van der Waals surface area contributed by atoms with Crippen molar-refractivity contribution in [1.82, 2.24) is 25.2 Å². The summed E-state index contributed by atoms with van der Waals surface area (Å²) in [5.41, 5.74) is -3.06. The first-order valence-corrected chi connectivity index (χ1v) is 19.5. The molecule has 2 saturated carbocycles. The number of nitrogens with one attached hydrogen (secondary N) is 3. The number of pyridine rings is 1. The molecule has 14 nitrogen and oxygen atoms in total. The Morgan fingerprint density at radius 2 is 1.87 bits per heavy atom. The normalized spacial score (nSPS) is 30.1. The lowest BCUT2D eigenvalue weighted by atomic mass is 9.88. The number of methoxy groups -OCH3 is 1. The minimum atomic E-state index is -4.87. The van der Waals surface area contributed by atoms with Crippen LogP contribution in [0.1, 0.15) is 64.5 Å². The van der Waals surface area contributed by atoms with Crippen molar-refractivity contribution < 1.29 is 59.7 Å². The molecule has 4 amide bonds. The number of aromatic nitrogens is 1. The van der Waals surface area contributed by atoms with Crippen molar-refractivity contribution in [3.63, 3.8) is 0 Å². The summed E-state index contributed by atoms with van der Waals surface area (Å²) >= 11 is 0. The molecule has 300 valence electrons. The molecule has 1 aromatic carbocycles. The van der Waals surface area contributed by atoms with Crippen LogP contribution in [-0.4, -0.2) is 96.0 Å². The van der Waals surface area contributed by atoms with Crippen LogP contribution in [0, 0.1) is 17.8 Å². The van der Waals surface area contributed by atoms with Gasteiger partial charge in [-0.05, 0) is 80.0 Å². The van der Waals surface area contributed by atoms with Gasteiger partial charge >= 0.3 is 12.3 Å². The largest absolute Gasteiger partial charge is 0.497 e. The molecule has 2 aliphatic carbocycles. The van der Waals surface area contributed by atoms with Gasteiger partial charge < -0.3 is 30.1 Å². The quantitative estimate of drug-likeness (QED) is 0.224. The Labute approximate surface area is 314 Å². The van der Waals surface area contributed by atoms with Gasteiger partial charge in [0.25, 0.3) is 5.91 Å². The zero-order valence-corrected chi connectivity index (χ0v) is 31.1. The van der Waals surface area contributed by atoms with E-state index in [0.717, 1.165) is 11.0 Å². The van der Waals surface area contributed by atoms with Gasteiger partial charge in [0.05, 0.1) is 13.7 Å². The van der Waals surface area contributed by atoms with Crippen LogP contribution < -0.4 is 24.8 Å². The highest BCUT2D eigenvalue weighted by atomic mass is 32.2. The highest BCUT2D eigenvalue weighted by Crippen LogP contribution is 2.48. The second-order valence-corrected chi connectivity index (χ2v) is 17.2.